The first kappa shape index (κ1) is 11.3. The molecule has 1 aromatic heterocycles. The second kappa shape index (κ2) is 4.86. The van der Waals surface area contributed by atoms with Crippen LogP contribution in [0, 0.1) is 5.82 Å². The number of nitrogens with one attached hydrogen (secondary N) is 1. The molecule has 1 aromatic carbocycles. The molecule has 1 aliphatic rings. The smallest absolute Gasteiger partial charge is 0.257 e. The molecule has 2 aromatic rings. The summed E-state index contributed by atoms with van der Waals surface area (Å²) >= 11 is 0. The van der Waals surface area contributed by atoms with Crippen LogP contribution in [0.4, 0.5) is 4.39 Å². The van der Waals surface area contributed by atoms with Gasteiger partial charge in [0.15, 0.2) is 5.82 Å². The number of hydrogen-bond donors (Lipinski definition) is 1. The Hall–Kier alpha value is -1.75. The van der Waals surface area contributed by atoms with Crippen molar-refractivity contribution in [1.82, 2.24) is 15.5 Å². The Kier molecular flexibility index (Phi) is 3.06. The number of rotatable bonds is 2. The molecule has 0 spiro atoms. The van der Waals surface area contributed by atoms with Crippen LogP contribution in [-0.2, 0) is 0 Å². The molecule has 0 amide bonds. The lowest BCUT2D eigenvalue weighted by atomic mass is 9.98. The second-order valence-electron chi connectivity index (χ2n) is 4.49. The maximum atomic E-state index is 12.8. The van der Waals surface area contributed by atoms with Gasteiger partial charge < -0.3 is 9.84 Å². The summed E-state index contributed by atoms with van der Waals surface area (Å²) < 4.78 is 18.1. The van der Waals surface area contributed by atoms with Crippen molar-refractivity contribution in [1.29, 1.82) is 0 Å². The third kappa shape index (κ3) is 2.26. The van der Waals surface area contributed by atoms with Crippen LogP contribution in [-0.4, -0.2) is 23.2 Å². The number of piperidine rings is 1. The first-order valence-corrected chi connectivity index (χ1v) is 6.13. The van der Waals surface area contributed by atoms with E-state index >= 15 is 0 Å². The molecule has 0 atom stereocenters. The molecule has 4 nitrogen and oxygen atoms in total. The Labute approximate surface area is 104 Å². The average molecular weight is 247 g/mol. The quantitative estimate of drug-likeness (QED) is 0.885. The molecule has 18 heavy (non-hydrogen) atoms. The van der Waals surface area contributed by atoms with Crippen molar-refractivity contribution in [3.63, 3.8) is 0 Å². The predicted octanol–water partition coefficient (Wildman–Crippen LogP) is 2.34. The highest BCUT2D eigenvalue weighted by molar-refractivity contribution is 5.52. The lowest BCUT2D eigenvalue weighted by Gasteiger charge is -2.18. The molecule has 0 aliphatic carbocycles. The summed E-state index contributed by atoms with van der Waals surface area (Å²) in [7, 11) is 0. The summed E-state index contributed by atoms with van der Waals surface area (Å²) in [6.45, 7) is 1.98. The zero-order valence-corrected chi connectivity index (χ0v) is 9.90. The van der Waals surface area contributed by atoms with Gasteiger partial charge in [0, 0.05) is 11.5 Å². The Morgan fingerprint density at radius 3 is 2.61 bits per heavy atom. The minimum absolute atomic E-state index is 0.267. The molecule has 1 saturated heterocycles. The Morgan fingerprint density at radius 1 is 1.17 bits per heavy atom. The van der Waals surface area contributed by atoms with E-state index in [9.17, 15) is 4.39 Å². The average Bonchev–Trinajstić information content (AvgIpc) is 2.90. The third-order valence-corrected chi connectivity index (χ3v) is 3.24. The Bertz CT molecular complexity index is 517. The van der Waals surface area contributed by atoms with Gasteiger partial charge in [0.05, 0.1) is 0 Å². The minimum Gasteiger partial charge on any atom is -0.334 e. The minimum atomic E-state index is -0.267. The van der Waals surface area contributed by atoms with Crippen molar-refractivity contribution in [3.05, 3.63) is 35.9 Å². The maximum Gasteiger partial charge on any atom is 0.257 e. The van der Waals surface area contributed by atoms with Crippen molar-refractivity contribution >= 4 is 0 Å². The van der Waals surface area contributed by atoms with Crippen LogP contribution in [0.25, 0.3) is 11.5 Å². The van der Waals surface area contributed by atoms with Crippen LogP contribution in [0.2, 0.25) is 0 Å². The van der Waals surface area contributed by atoms with Crippen LogP contribution < -0.4 is 5.32 Å². The van der Waals surface area contributed by atoms with Crippen LogP contribution in [0.15, 0.2) is 28.8 Å². The highest BCUT2D eigenvalue weighted by atomic mass is 19.1. The van der Waals surface area contributed by atoms with Crippen molar-refractivity contribution < 1.29 is 8.91 Å². The van der Waals surface area contributed by atoms with Crippen molar-refractivity contribution in [2.45, 2.75) is 18.8 Å². The Balaban J connectivity index is 1.82. The lowest BCUT2D eigenvalue weighted by molar-refractivity contribution is 0.392. The van der Waals surface area contributed by atoms with Gasteiger partial charge in [-0.1, -0.05) is 5.16 Å². The fourth-order valence-corrected chi connectivity index (χ4v) is 2.19. The van der Waals surface area contributed by atoms with Crippen molar-refractivity contribution in [2.75, 3.05) is 13.1 Å². The van der Waals surface area contributed by atoms with Crippen LogP contribution in [0.1, 0.15) is 24.6 Å². The predicted molar refractivity (Wildman–Crippen MR) is 64.5 cm³/mol. The van der Waals surface area contributed by atoms with Gasteiger partial charge in [0.2, 0.25) is 0 Å². The maximum absolute atomic E-state index is 12.8. The molecule has 1 aliphatic heterocycles. The Morgan fingerprint density at radius 2 is 1.89 bits per heavy atom. The third-order valence-electron chi connectivity index (χ3n) is 3.24. The van der Waals surface area contributed by atoms with E-state index < -0.39 is 0 Å². The molecular weight excluding hydrogens is 233 g/mol. The summed E-state index contributed by atoms with van der Waals surface area (Å²) in [6, 6.07) is 6.08. The number of nitrogens with zero attached hydrogens (tertiary/aromatic N) is 2. The number of halogens is 1. The van der Waals surface area contributed by atoms with Gasteiger partial charge in [0.25, 0.3) is 5.89 Å². The monoisotopic (exact) mass is 247 g/mol. The molecule has 2 heterocycles. The highest BCUT2D eigenvalue weighted by Crippen LogP contribution is 2.25. The van der Waals surface area contributed by atoms with Gasteiger partial charge in [-0.05, 0) is 50.2 Å². The topological polar surface area (TPSA) is 51.0 Å². The van der Waals surface area contributed by atoms with Gasteiger partial charge >= 0.3 is 0 Å². The van der Waals surface area contributed by atoms with Gasteiger partial charge in [-0.25, -0.2) is 4.39 Å². The van der Waals surface area contributed by atoms with E-state index in [2.05, 4.69) is 15.5 Å². The first-order valence-electron chi connectivity index (χ1n) is 6.13. The van der Waals surface area contributed by atoms with E-state index in [1.165, 1.54) is 12.1 Å². The number of hydrogen-bond acceptors (Lipinski definition) is 4. The van der Waals surface area contributed by atoms with Crippen LogP contribution in [0.5, 0.6) is 0 Å². The first-order chi connectivity index (χ1) is 8.83. The summed E-state index contributed by atoms with van der Waals surface area (Å²) in [5, 5.41) is 7.33. The SMILES string of the molecule is Fc1ccc(-c2nc(C3CCNCC3)no2)cc1. The van der Waals surface area contributed by atoms with E-state index in [0.29, 0.717) is 11.8 Å². The normalized spacial score (nSPS) is 16.9. The summed E-state index contributed by atoms with van der Waals surface area (Å²) in [4.78, 5) is 4.41. The summed E-state index contributed by atoms with van der Waals surface area (Å²) in [6.07, 6.45) is 2.06. The van der Waals surface area contributed by atoms with Gasteiger partial charge in [0.1, 0.15) is 5.82 Å². The molecule has 1 fully saturated rings. The number of benzene rings is 1. The van der Waals surface area contributed by atoms with Gasteiger partial charge in [-0.2, -0.15) is 4.98 Å². The molecule has 94 valence electrons. The van der Waals surface area contributed by atoms with Crippen LogP contribution in [0.3, 0.4) is 0 Å². The summed E-state index contributed by atoms with van der Waals surface area (Å²) in [5.41, 5.74) is 0.754. The van der Waals surface area contributed by atoms with E-state index in [-0.39, 0.29) is 5.82 Å². The zero-order chi connectivity index (χ0) is 12.4. The largest absolute Gasteiger partial charge is 0.334 e. The molecule has 0 unspecified atom stereocenters. The molecule has 1 N–H and O–H groups in total. The van der Waals surface area contributed by atoms with Gasteiger partial charge in [-0.3, -0.25) is 0 Å². The molecule has 0 radical (unpaired) electrons. The lowest BCUT2D eigenvalue weighted by Crippen LogP contribution is -2.27. The van der Waals surface area contributed by atoms with Gasteiger partial charge in [-0.15, -0.1) is 0 Å². The number of aromatic nitrogens is 2. The second-order valence-corrected chi connectivity index (χ2v) is 4.49. The van der Waals surface area contributed by atoms with E-state index in [1.54, 1.807) is 12.1 Å². The molecular formula is C13H14FN3O. The van der Waals surface area contributed by atoms with E-state index in [4.69, 9.17) is 4.52 Å². The molecule has 0 bridgehead atoms. The van der Waals surface area contributed by atoms with E-state index in [0.717, 1.165) is 37.3 Å². The van der Waals surface area contributed by atoms with Crippen molar-refractivity contribution in [3.8, 4) is 11.5 Å². The molecule has 5 heteroatoms. The standard InChI is InChI=1S/C13H14FN3O/c14-11-3-1-10(2-4-11)13-16-12(17-18-13)9-5-7-15-8-6-9/h1-4,9,15H,5-8H2. The van der Waals surface area contributed by atoms with E-state index in [1.807, 2.05) is 0 Å². The van der Waals surface area contributed by atoms with Crippen LogP contribution >= 0.6 is 0 Å². The fraction of sp³-hybridized carbons (Fsp3) is 0.385. The summed E-state index contributed by atoms with van der Waals surface area (Å²) in [5.74, 6) is 1.32. The zero-order valence-electron chi connectivity index (χ0n) is 9.90. The molecule has 0 saturated carbocycles. The highest BCUT2D eigenvalue weighted by Gasteiger charge is 2.21. The molecule has 3 rings (SSSR count). The fourth-order valence-electron chi connectivity index (χ4n) is 2.19. The van der Waals surface area contributed by atoms with Crippen molar-refractivity contribution in [2.24, 2.45) is 0 Å².